The van der Waals surface area contributed by atoms with E-state index in [1.807, 2.05) is 48.7 Å². The predicted octanol–water partition coefficient (Wildman–Crippen LogP) is 4.72. The van der Waals surface area contributed by atoms with E-state index in [9.17, 15) is 4.79 Å². The molecule has 23 heavy (non-hydrogen) atoms. The third kappa shape index (κ3) is 3.71. The number of carbonyl (C=O) groups is 1. The molecule has 0 amide bonds. The van der Waals surface area contributed by atoms with Crippen LogP contribution in [-0.4, -0.2) is 21.2 Å². The van der Waals surface area contributed by atoms with Crippen LogP contribution in [-0.2, 0) is 6.42 Å². The van der Waals surface area contributed by atoms with Crippen molar-refractivity contribution in [2.24, 2.45) is 0 Å². The second kappa shape index (κ2) is 7.10. The summed E-state index contributed by atoms with van der Waals surface area (Å²) < 4.78 is 5.62. The van der Waals surface area contributed by atoms with E-state index in [0.29, 0.717) is 16.7 Å². The van der Waals surface area contributed by atoms with E-state index >= 15 is 0 Å². The first-order valence-electron chi connectivity index (χ1n) is 7.34. The number of thiophene rings is 1. The maximum absolute atomic E-state index is 12.5. The molecule has 1 aromatic carbocycles. The fourth-order valence-corrected chi connectivity index (χ4v) is 3.51. The molecule has 0 saturated heterocycles. The molecule has 118 valence electrons. The quantitative estimate of drug-likeness (QED) is 0.478. The summed E-state index contributed by atoms with van der Waals surface area (Å²) in [5.74, 6) is 0.558. The number of Topliss-reactive ketones (excluding diaryl/α,β-unsaturated/α-hetero) is 1. The van der Waals surface area contributed by atoms with Gasteiger partial charge in [0.1, 0.15) is 0 Å². The molecule has 0 N–H and O–H groups in total. The second-order valence-corrected chi connectivity index (χ2v) is 7.26. The topological polar surface area (TPSA) is 56.0 Å². The zero-order valence-electron chi connectivity index (χ0n) is 12.9. The van der Waals surface area contributed by atoms with E-state index in [2.05, 4.69) is 17.1 Å². The Hall–Kier alpha value is -1.92. The Kier molecular flexibility index (Phi) is 4.93. The molecule has 0 radical (unpaired) electrons. The maximum Gasteiger partial charge on any atom is 0.277 e. The predicted molar refractivity (Wildman–Crippen MR) is 93.1 cm³/mol. The number of ketones is 1. The monoisotopic (exact) mass is 344 g/mol. The summed E-state index contributed by atoms with van der Waals surface area (Å²) in [4.78, 5) is 13.4. The van der Waals surface area contributed by atoms with E-state index in [0.717, 1.165) is 11.3 Å². The zero-order valence-corrected chi connectivity index (χ0v) is 14.5. The molecule has 0 aliphatic rings. The molecular weight excluding hydrogens is 328 g/mol. The van der Waals surface area contributed by atoms with E-state index < -0.39 is 0 Å². The van der Waals surface area contributed by atoms with Crippen LogP contribution in [0.1, 0.15) is 29.8 Å². The highest BCUT2D eigenvalue weighted by atomic mass is 32.2. The van der Waals surface area contributed by atoms with Crippen molar-refractivity contribution >= 4 is 28.9 Å². The van der Waals surface area contributed by atoms with Crippen LogP contribution < -0.4 is 0 Å². The van der Waals surface area contributed by atoms with Crippen LogP contribution in [0.3, 0.4) is 0 Å². The molecule has 6 heteroatoms. The molecule has 0 saturated carbocycles. The van der Waals surface area contributed by atoms with Crippen LogP contribution in [0.15, 0.2) is 51.4 Å². The van der Waals surface area contributed by atoms with Crippen molar-refractivity contribution in [3.63, 3.8) is 0 Å². The molecule has 0 aliphatic carbocycles. The molecule has 3 rings (SSSR count). The first-order chi connectivity index (χ1) is 11.2. The Labute approximate surface area is 142 Å². The molecule has 4 nitrogen and oxygen atoms in total. The number of benzene rings is 1. The summed E-state index contributed by atoms with van der Waals surface area (Å²) in [5, 5.41) is 10.1. The average Bonchev–Trinajstić information content (AvgIpc) is 3.25. The van der Waals surface area contributed by atoms with Crippen molar-refractivity contribution < 1.29 is 9.21 Å². The molecule has 1 atom stereocenters. The van der Waals surface area contributed by atoms with E-state index in [4.69, 9.17) is 4.42 Å². The summed E-state index contributed by atoms with van der Waals surface area (Å²) >= 11 is 2.83. The average molecular weight is 344 g/mol. The molecule has 0 spiro atoms. The summed E-state index contributed by atoms with van der Waals surface area (Å²) in [6.07, 6.45) is 0.965. The summed E-state index contributed by atoms with van der Waals surface area (Å²) in [5.41, 5.74) is 1.93. The number of aryl methyl sites for hydroxylation is 1. The van der Waals surface area contributed by atoms with Crippen molar-refractivity contribution in [3.05, 3.63) is 52.9 Å². The molecule has 1 unspecified atom stereocenters. The van der Waals surface area contributed by atoms with Gasteiger partial charge < -0.3 is 4.42 Å². The Morgan fingerprint density at radius 3 is 2.70 bits per heavy atom. The molecule has 0 aliphatic heterocycles. The lowest BCUT2D eigenvalue weighted by molar-refractivity contribution is 0.0993. The van der Waals surface area contributed by atoms with Crippen molar-refractivity contribution in [1.82, 2.24) is 10.2 Å². The minimum atomic E-state index is -0.279. The molecule has 0 fully saturated rings. The van der Waals surface area contributed by atoms with Gasteiger partial charge in [0.2, 0.25) is 0 Å². The molecular formula is C17H16N2O2S2. The molecule has 2 aromatic heterocycles. The molecule has 0 bridgehead atoms. The summed E-state index contributed by atoms with van der Waals surface area (Å²) in [7, 11) is 0. The van der Waals surface area contributed by atoms with Gasteiger partial charge in [-0.25, -0.2) is 0 Å². The van der Waals surface area contributed by atoms with Crippen LogP contribution in [0.5, 0.6) is 0 Å². The Balaban J connectivity index is 1.68. The van der Waals surface area contributed by atoms with Gasteiger partial charge in [-0.1, -0.05) is 49.0 Å². The minimum absolute atomic E-state index is 0.0635. The van der Waals surface area contributed by atoms with E-state index in [1.54, 1.807) is 11.3 Å². The van der Waals surface area contributed by atoms with Crippen molar-refractivity contribution in [2.75, 3.05) is 0 Å². The van der Waals surface area contributed by atoms with Gasteiger partial charge >= 0.3 is 0 Å². The molecule has 3 aromatic rings. The largest absolute Gasteiger partial charge is 0.410 e. The van der Waals surface area contributed by atoms with Crippen LogP contribution >= 0.6 is 23.1 Å². The van der Waals surface area contributed by atoms with Gasteiger partial charge in [0.25, 0.3) is 11.1 Å². The first kappa shape index (κ1) is 16.0. The van der Waals surface area contributed by atoms with Crippen molar-refractivity contribution in [3.8, 4) is 10.8 Å². The lowest BCUT2D eigenvalue weighted by Crippen LogP contribution is -2.13. The van der Waals surface area contributed by atoms with Crippen molar-refractivity contribution in [1.29, 1.82) is 0 Å². The van der Waals surface area contributed by atoms with E-state index in [1.165, 1.54) is 17.3 Å². The van der Waals surface area contributed by atoms with Gasteiger partial charge in [-0.3, -0.25) is 4.79 Å². The van der Waals surface area contributed by atoms with Gasteiger partial charge in [-0.2, -0.15) is 0 Å². The first-order valence-corrected chi connectivity index (χ1v) is 9.10. The maximum atomic E-state index is 12.5. The smallest absolute Gasteiger partial charge is 0.277 e. The number of aromatic nitrogens is 2. The third-order valence-electron chi connectivity index (χ3n) is 3.43. The van der Waals surface area contributed by atoms with Crippen LogP contribution in [0.4, 0.5) is 0 Å². The zero-order chi connectivity index (χ0) is 16.2. The Morgan fingerprint density at radius 1 is 1.26 bits per heavy atom. The number of rotatable bonds is 6. The van der Waals surface area contributed by atoms with Gasteiger partial charge in [0.05, 0.1) is 10.1 Å². The number of carbonyl (C=O) groups excluding carboxylic acids is 1. The SMILES string of the molecule is CCc1ccc(C(=O)C(C)Sc2nnc(-c3cccs3)o2)cc1. The second-order valence-electron chi connectivity index (χ2n) is 5.03. The third-order valence-corrected chi connectivity index (χ3v) is 5.22. The minimum Gasteiger partial charge on any atom is -0.410 e. The summed E-state index contributed by atoms with van der Waals surface area (Å²) in [6, 6.07) is 11.6. The Bertz CT molecular complexity index is 779. The molecule has 2 heterocycles. The lowest BCUT2D eigenvalue weighted by Gasteiger charge is -2.07. The van der Waals surface area contributed by atoms with E-state index in [-0.39, 0.29) is 11.0 Å². The highest BCUT2D eigenvalue weighted by Crippen LogP contribution is 2.29. The highest BCUT2D eigenvalue weighted by Gasteiger charge is 2.20. The Morgan fingerprint density at radius 2 is 2.04 bits per heavy atom. The van der Waals surface area contributed by atoms with Crippen LogP contribution in [0, 0.1) is 0 Å². The van der Waals surface area contributed by atoms with Gasteiger partial charge in [-0.05, 0) is 30.4 Å². The number of nitrogens with zero attached hydrogens (tertiary/aromatic N) is 2. The number of hydrogen-bond acceptors (Lipinski definition) is 6. The lowest BCUT2D eigenvalue weighted by atomic mass is 10.1. The number of hydrogen-bond donors (Lipinski definition) is 0. The van der Waals surface area contributed by atoms with Crippen LogP contribution in [0.25, 0.3) is 10.8 Å². The van der Waals surface area contributed by atoms with Crippen LogP contribution in [0.2, 0.25) is 0 Å². The highest BCUT2D eigenvalue weighted by molar-refractivity contribution is 8.00. The van der Waals surface area contributed by atoms with Gasteiger partial charge in [0.15, 0.2) is 5.78 Å². The normalized spacial score (nSPS) is 12.3. The van der Waals surface area contributed by atoms with Crippen molar-refractivity contribution in [2.45, 2.75) is 30.7 Å². The standard InChI is InChI=1S/C17H16N2O2S2/c1-3-12-6-8-13(9-7-12)15(20)11(2)23-17-19-18-16(21-17)14-5-4-10-22-14/h4-11H,3H2,1-2H3. The number of thioether (sulfide) groups is 1. The fourth-order valence-electron chi connectivity index (χ4n) is 2.10. The van der Waals surface area contributed by atoms with Gasteiger partial charge in [-0.15, -0.1) is 21.5 Å². The summed E-state index contributed by atoms with van der Waals surface area (Å²) in [6.45, 7) is 3.95. The van der Waals surface area contributed by atoms with Gasteiger partial charge in [0, 0.05) is 5.56 Å². The fraction of sp³-hybridized carbons (Fsp3) is 0.235.